The lowest BCUT2D eigenvalue weighted by molar-refractivity contribution is -0.137. The normalized spacial score (nSPS) is 23.2. The molecule has 0 unspecified atom stereocenters. The smallest absolute Gasteiger partial charge is 0.303 e. The molecule has 7 nitrogen and oxygen atoms in total. The van der Waals surface area contributed by atoms with Gasteiger partial charge in [-0.3, -0.25) is 9.59 Å². The van der Waals surface area contributed by atoms with E-state index in [0.717, 1.165) is 11.0 Å². The molecule has 0 radical (unpaired) electrons. The molecule has 1 aliphatic carbocycles. The van der Waals surface area contributed by atoms with Gasteiger partial charge in [-0.05, 0) is 31.4 Å². The van der Waals surface area contributed by atoms with Crippen LogP contribution in [-0.4, -0.2) is 42.7 Å². The second-order valence-electron chi connectivity index (χ2n) is 7.76. The van der Waals surface area contributed by atoms with Crippen LogP contribution >= 0.6 is 0 Å². The number of aromatic nitrogens is 2. The number of nitrogens with zero attached hydrogens (tertiary/aromatic N) is 2. The Morgan fingerprint density at radius 2 is 2.10 bits per heavy atom. The first-order valence-corrected chi connectivity index (χ1v) is 10.2. The van der Waals surface area contributed by atoms with Crippen LogP contribution < -0.4 is 0 Å². The van der Waals surface area contributed by atoms with E-state index in [0.29, 0.717) is 25.1 Å². The van der Waals surface area contributed by atoms with Gasteiger partial charge in [-0.15, -0.1) is 0 Å². The number of aliphatic carboxylic acids is 1. The number of Topliss-reactive ketones (excluding diaryl/α,β-unsaturated/α-hetero) is 1. The molecule has 3 N–H and O–H groups in total. The molecule has 0 saturated heterocycles. The highest BCUT2D eigenvalue weighted by Crippen LogP contribution is 2.34. The third-order valence-corrected chi connectivity index (χ3v) is 5.65. The molecular formula is C23H28N2O5. The van der Waals surface area contributed by atoms with E-state index >= 15 is 0 Å². The number of hydrogen-bond acceptors (Lipinski definition) is 5. The topological polar surface area (TPSA) is 113 Å². The number of benzene rings is 1. The molecule has 30 heavy (non-hydrogen) atoms. The van der Waals surface area contributed by atoms with Crippen LogP contribution in [0, 0.1) is 11.8 Å². The highest BCUT2D eigenvalue weighted by Gasteiger charge is 2.39. The predicted octanol–water partition coefficient (Wildman–Crippen LogP) is 2.93. The first-order valence-electron chi connectivity index (χ1n) is 10.2. The van der Waals surface area contributed by atoms with Gasteiger partial charge in [0.2, 0.25) is 0 Å². The first-order chi connectivity index (χ1) is 14.4. The molecule has 0 spiro atoms. The SMILES string of the molecule is Cn1c([C@H](O)C=C[C@H]2[C@H](O)CC(=O)[C@@H]2CC=CCCCC(=O)O)nc2ccccc21. The maximum absolute atomic E-state index is 12.3. The predicted molar refractivity (Wildman–Crippen MR) is 113 cm³/mol. The van der Waals surface area contributed by atoms with Gasteiger partial charge >= 0.3 is 5.97 Å². The van der Waals surface area contributed by atoms with Gasteiger partial charge in [0.15, 0.2) is 0 Å². The zero-order chi connectivity index (χ0) is 21.7. The van der Waals surface area contributed by atoms with Gasteiger partial charge in [0.25, 0.3) is 0 Å². The molecule has 1 aliphatic rings. The molecule has 4 atom stereocenters. The quantitative estimate of drug-likeness (QED) is 0.431. The van der Waals surface area contributed by atoms with Crippen molar-refractivity contribution in [3.8, 4) is 0 Å². The fraction of sp³-hybridized carbons (Fsp3) is 0.435. The second kappa shape index (κ2) is 9.82. The molecule has 1 aromatic heterocycles. The van der Waals surface area contributed by atoms with Gasteiger partial charge in [-0.1, -0.05) is 36.4 Å². The van der Waals surface area contributed by atoms with Crippen molar-refractivity contribution in [1.29, 1.82) is 0 Å². The first kappa shape index (κ1) is 21.9. The number of unbranched alkanes of at least 4 members (excludes halogenated alkanes) is 1. The van der Waals surface area contributed by atoms with Gasteiger partial charge in [-0.2, -0.15) is 0 Å². The summed E-state index contributed by atoms with van der Waals surface area (Å²) in [5, 5.41) is 29.6. The Morgan fingerprint density at radius 1 is 1.33 bits per heavy atom. The zero-order valence-electron chi connectivity index (χ0n) is 17.0. The van der Waals surface area contributed by atoms with E-state index in [4.69, 9.17) is 5.11 Å². The summed E-state index contributed by atoms with van der Waals surface area (Å²) in [4.78, 5) is 27.3. The Hall–Kier alpha value is -2.77. The highest BCUT2D eigenvalue weighted by molar-refractivity contribution is 5.84. The molecule has 1 saturated carbocycles. The van der Waals surface area contributed by atoms with Crippen molar-refractivity contribution in [3.63, 3.8) is 0 Å². The van der Waals surface area contributed by atoms with E-state index in [9.17, 15) is 19.8 Å². The molecule has 1 heterocycles. The number of carboxylic acids is 1. The van der Waals surface area contributed by atoms with E-state index in [1.165, 1.54) is 0 Å². The molecule has 0 amide bonds. The maximum atomic E-state index is 12.3. The molecule has 0 aliphatic heterocycles. The lowest BCUT2D eigenvalue weighted by atomic mass is 9.90. The molecule has 1 fully saturated rings. The van der Waals surface area contributed by atoms with E-state index in [1.807, 2.05) is 48.0 Å². The molecule has 160 valence electrons. The van der Waals surface area contributed by atoms with Crippen LogP contribution in [0.1, 0.15) is 44.0 Å². The minimum atomic E-state index is -0.947. The minimum Gasteiger partial charge on any atom is -0.481 e. The second-order valence-corrected chi connectivity index (χ2v) is 7.76. The molecule has 1 aromatic carbocycles. The van der Waals surface area contributed by atoms with Gasteiger partial charge in [-0.25, -0.2) is 4.98 Å². The standard InChI is InChI=1S/C23H28N2O5/c1-25-18-10-7-6-9-17(18)24-23(25)19(26)13-12-16-15(20(27)14-21(16)28)8-4-2-3-5-11-22(29)30/h2,4,6-7,9-10,12-13,15-16,19,21,26,28H,3,5,8,11,14H2,1H3,(H,29,30)/t15-,16-,19-,21-/m1/s1. The van der Waals surface area contributed by atoms with Crippen LogP contribution in [0.3, 0.4) is 0 Å². The summed E-state index contributed by atoms with van der Waals surface area (Å²) in [5.74, 6) is -1.03. The molecule has 0 bridgehead atoms. The van der Waals surface area contributed by atoms with Gasteiger partial charge in [0.1, 0.15) is 17.7 Å². The fourth-order valence-corrected chi connectivity index (χ4v) is 4.01. The number of carbonyl (C=O) groups excluding carboxylic acids is 1. The summed E-state index contributed by atoms with van der Waals surface area (Å²) in [7, 11) is 1.84. The van der Waals surface area contributed by atoms with Gasteiger partial charge < -0.3 is 19.9 Å². The highest BCUT2D eigenvalue weighted by atomic mass is 16.4. The summed E-state index contributed by atoms with van der Waals surface area (Å²) in [6.45, 7) is 0. The van der Waals surface area contributed by atoms with Gasteiger partial charge in [0, 0.05) is 31.7 Å². The van der Waals surface area contributed by atoms with E-state index in [2.05, 4.69) is 4.98 Å². The van der Waals surface area contributed by atoms with E-state index in [-0.39, 0.29) is 30.5 Å². The molecular weight excluding hydrogens is 384 g/mol. The van der Waals surface area contributed by atoms with Crippen molar-refractivity contribution in [2.24, 2.45) is 18.9 Å². The largest absolute Gasteiger partial charge is 0.481 e. The van der Waals surface area contributed by atoms with Gasteiger partial charge in [0.05, 0.1) is 17.1 Å². The third-order valence-electron chi connectivity index (χ3n) is 5.65. The number of aryl methyl sites for hydroxylation is 1. The zero-order valence-corrected chi connectivity index (χ0v) is 17.0. The third kappa shape index (κ3) is 5.04. The van der Waals surface area contributed by atoms with Crippen molar-refractivity contribution in [1.82, 2.24) is 9.55 Å². The number of aliphatic hydroxyl groups excluding tert-OH is 2. The number of hydrogen-bond donors (Lipinski definition) is 3. The number of para-hydroxylation sites is 2. The lowest BCUT2D eigenvalue weighted by Crippen LogP contribution is -2.18. The Balaban J connectivity index is 1.65. The number of carbonyl (C=O) groups is 2. The van der Waals surface area contributed by atoms with Crippen molar-refractivity contribution < 1.29 is 24.9 Å². The fourth-order valence-electron chi connectivity index (χ4n) is 4.01. The van der Waals surface area contributed by atoms with Crippen LogP contribution in [-0.2, 0) is 16.6 Å². The Kier molecular flexibility index (Phi) is 7.18. The number of aliphatic hydroxyl groups is 2. The summed E-state index contributed by atoms with van der Waals surface area (Å²) < 4.78 is 1.83. The van der Waals surface area contributed by atoms with E-state index in [1.54, 1.807) is 12.2 Å². The summed E-state index contributed by atoms with van der Waals surface area (Å²) in [6.07, 6.45) is 7.28. The summed E-state index contributed by atoms with van der Waals surface area (Å²) in [5.41, 5.74) is 1.71. The van der Waals surface area contributed by atoms with Crippen molar-refractivity contribution in [2.75, 3.05) is 0 Å². The van der Waals surface area contributed by atoms with Crippen molar-refractivity contribution >= 4 is 22.8 Å². The average molecular weight is 412 g/mol. The van der Waals surface area contributed by atoms with Crippen LogP contribution in [0.15, 0.2) is 48.6 Å². The van der Waals surface area contributed by atoms with Crippen molar-refractivity contribution in [3.05, 3.63) is 54.4 Å². The molecule has 7 heteroatoms. The monoisotopic (exact) mass is 412 g/mol. The Morgan fingerprint density at radius 3 is 2.83 bits per heavy atom. The summed E-state index contributed by atoms with van der Waals surface area (Å²) in [6, 6.07) is 7.62. The number of fused-ring (bicyclic) bond motifs is 1. The average Bonchev–Trinajstić information content (AvgIpc) is 3.18. The molecule has 3 rings (SSSR count). The maximum Gasteiger partial charge on any atom is 0.303 e. The number of allylic oxidation sites excluding steroid dienone is 2. The van der Waals surface area contributed by atoms with Crippen LogP contribution in [0.5, 0.6) is 0 Å². The van der Waals surface area contributed by atoms with Crippen molar-refractivity contribution in [2.45, 2.75) is 44.3 Å². The summed E-state index contributed by atoms with van der Waals surface area (Å²) >= 11 is 0. The number of imidazole rings is 1. The van der Waals surface area contributed by atoms with E-state index < -0.39 is 18.2 Å². The number of ketones is 1. The van der Waals surface area contributed by atoms with Crippen LogP contribution in [0.25, 0.3) is 11.0 Å². The number of rotatable bonds is 9. The van der Waals surface area contributed by atoms with Crippen LogP contribution in [0.2, 0.25) is 0 Å². The van der Waals surface area contributed by atoms with Crippen LogP contribution in [0.4, 0.5) is 0 Å². The lowest BCUT2D eigenvalue weighted by Gasteiger charge is -2.16. The molecule has 2 aromatic rings. The Labute approximate surface area is 175 Å². The minimum absolute atomic E-state index is 0.00422. The number of carboxylic acid groups (broad SMARTS) is 1. The Bertz CT molecular complexity index is 962.